The second-order valence-corrected chi connectivity index (χ2v) is 19.2. The quantitative estimate of drug-likeness (QED) is 0.269. The molecule has 1 aromatic carbocycles. The van der Waals surface area contributed by atoms with Gasteiger partial charge < -0.3 is 25.0 Å². The third kappa shape index (κ3) is 8.00. The normalized spacial score (nSPS) is 30.8. The number of sulfonamides is 1. The fraction of sp³-hybridized carbons (Fsp3) is 0.605. The van der Waals surface area contributed by atoms with Gasteiger partial charge >= 0.3 is 12.2 Å². The Bertz CT molecular complexity index is 1860. The number of ether oxygens (including phenoxy) is 2. The molecule has 0 radical (unpaired) electrons. The van der Waals surface area contributed by atoms with Crippen molar-refractivity contribution < 1.29 is 41.9 Å². The fourth-order valence-electron chi connectivity index (χ4n) is 8.11. The third-order valence-electron chi connectivity index (χ3n) is 11.3. The van der Waals surface area contributed by atoms with E-state index in [0.29, 0.717) is 51.6 Å². The van der Waals surface area contributed by atoms with E-state index in [9.17, 15) is 32.4 Å². The molecule has 16 heteroatoms. The number of rotatable bonds is 7. The molecule has 2 saturated carbocycles. The van der Waals surface area contributed by atoms with Crippen LogP contribution in [0.15, 0.2) is 36.9 Å². The van der Waals surface area contributed by atoms with Gasteiger partial charge in [-0.15, -0.1) is 18.3 Å². The smallest absolute Gasteiger partial charge is 0.410 e. The van der Waals surface area contributed by atoms with Crippen molar-refractivity contribution in [2.24, 2.45) is 5.92 Å². The van der Waals surface area contributed by atoms with E-state index in [1.165, 1.54) is 11.0 Å². The maximum atomic E-state index is 14.7. The van der Waals surface area contributed by atoms with Gasteiger partial charge in [-0.25, -0.2) is 22.7 Å². The summed E-state index contributed by atoms with van der Waals surface area (Å²) in [6.07, 6.45) is 9.33. The first kappa shape index (κ1) is 38.2. The average Bonchev–Trinajstić information content (AvgIpc) is 4.02. The molecule has 4 bridgehead atoms. The maximum absolute atomic E-state index is 14.7. The van der Waals surface area contributed by atoms with Crippen molar-refractivity contribution in [3.05, 3.63) is 53.6 Å². The van der Waals surface area contributed by atoms with E-state index in [-0.39, 0.29) is 18.9 Å². The van der Waals surface area contributed by atoms with Crippen molar-refractivity contribution in [1.82, 2.24) is 25.2 Å². The first-order chi connectivity index (χ1) is 25.7. The van der Waals surface area contributed by atoms with Gasteiger partial charge in [0.2, 0.25) is 21.8 Å². The number of carbonyl (C=O) groups is 5. The van der Waals surface area contributed by atoms with E-state index in [1.54, 1.807) is 4.90 Å². The van der Waals surface area contributed by atoms with Crippen LogP contribution in [-0.4, -0.2) is 93.8 Å². The van der Waals surface area contributed by atoms with Gasteiger partial charge in [-0.3, -0.25) is 19.3 Å². The van der Waals surface area contributed by atoms with Gasteiger partial charge in [0.25, 0.3) is 5.91 Å². The SMILES string of the molecule is C=C[C@@H]1S[C@]1(NC(=O)[C@@H]1C[C@@H]2CN1C(=O)[C@H](C1CCCCC1)NC(=O)OC(C)(C)CC/C=C/c1cccc3c1CN(C3)C(=O)O2)C(=O)NS(=O)(=O)C1CC1. The molecule has 4 aliphatic heterocycles. The van der Waals surface area contributed by atoms with Crippen LogP contribution in [0.5, 0.6) is 0 Å². The van der Waals surface area contributed by atoms with Crippen LogP contribution in [0.1, 0.15) is 94.7 Å². The zero-order valence-electron chi connectivity index (χ0n) is 30.7. The zero-order valence-corrected chi connectivity index (χ0v) is 32.3. The van der Waals surface area contributed by atoms with Crippen LogP contribution in [0.2, 0.25) is 0 Å². The number of amides is 5. The first-order valence-corrected chi connectivity index (χ1v) is 21.3. The Labute approximate surface area is 320 Å². The first-order valence-electron chi connectivity index (χ1n) is 18.9. The zero-order chi connectivity index (χ0) is 38.4. The van der Waals surface area contributed by atoms with Gasteiger partial charge in [-0.05, 0) is 75.0 Å². The molecule has 2 saturated heterocycles. The number of fused-ring (bicyclic) bond motifs is 3. The van der Waals surface area contributed by atoms with Gasteiger partial charge in [0.15, 0.2) is 4.87 Å². The van der Waals surface area contributed by atoms with Crippen LogP contribution in [0.25, 0.3) is 6.08 Å². The van der Waals surface area contributed by atoms with Crippen molar-refractivity contribution in [3.8, 4) is 0 Å². The van der Waals surface area contributed by atoms with E-state index in [2.05, 4.69) is 21.9 Å². The lowest BCUT2D eigenvalue weighted by Gasteiger charge is -2.35. The summed E-state index contributed by atoms with van der Waals surface area (Å²) in [5.41, 5.74) is 2.10. The average molecular weight is 784 g/mol. The van der Waals surface area contributed by atoms with Crippen LogP contribution >= 0.6 is 11.8 Å². The van der Waals surface area contributed by atoms with Crippen molar-refractivity contribution in [1.29, 1.82) is 0 Å². The number of nitrogens with one attached hydrogen (secondary N) is 3. The Hall–Kier alpha value is -4.05. The van der Waals surface area contributed by atoms with E-state index < -0.39 is 79.1 Å². The lowest BCUT2D eigenvalue weighted by molar-refractivity contribution is -0.142. The molecule has 7 rings (SSSR count). The summed E-state index contributed by atoms with van der Waals surface area (Å²) in [4.78, 5) is 71.0. The second-order valence-electron chi connectivity index (χ2n) is 15.9. The van der Waals surface area contributed by atoms with Gasteiger partial charge in [-0.1, -0.05) is 55.7 Å². The summed E-state index contributed by atoms with van der Waals surface area (Å²) < 4.78 is 39.5. The van der Waals surface area contributed by atoms with E-state index in [1.807, 2.05) is 44.2 Å². The predicted octanol–water partition coefficient (Wildman–Crippen LogP) is 4.09. The fourth-order valence-corrected chi connectivity index (χ4v) is 10.5. The molecular formula is C38H49N5O9S2. The molecule has 0 aromatic heterocycles. The molecule has 0 spiro atoms. The number of cyclic esters (lactones) is 1. The number of thioether (sulfide) groups is 1. The lowest BCUT2D eigenvalue weighted by atomic mass is 9.83. The Kier molecular flexibility index (Phi) is 10.5. The Balaban J connectivity index is 1.19. The monoisotopic (exact) mass is 783 g/mol. The minimum atomic E-state index is -3.92. The van der Waals surface area contributed by atoms with E-state index >= 15 is 0 Å². The van der Waals surface area contributed by atoms with Gasteiger partial charge in [0.05, 0.1) is 23.6 Å². The molecule has 5 amide bonds. The lowest BCUT2D eigenvalue weighted by Crippen LogP contribution is -2.59. The molecule has 5 atom stereocenters. The highest BCUT2D eigenvalue weighted by Crippen LogP contribution is 2.53. The van der Waals surface area contributed by atoms with E-state index in [4.69, 9.17) is 9.47 Å². The van der Waals surface area contributed by atoms with Crippen LogP contribution in [-0.2, 0) is 47.0 Å². The maximum Gasteiger partial charge on any atom is 0.410 e. The largest absolute Gasteiger partial charge is 0.444 e. The topological polar surface area (TPSA) is 181 Å². The van der Waals surface area contributed by atoms with Crippen LogP contribution < -0.4 is 15.4 Å². The number of alkyl carbamates (subject to hydrolysis) is 1. The number of hydrogen-bond donors (Lipinski definition) is 3. The number of hydrogen-bond acceptors (Lipinski definition) is 10. The summed E-state index contributed by atoms with van der Waals surface area (Å²) >= 11 is 1.04. The minimum absolute atomic E-state index is 0.0750. The van der Waals surface area contributed by atoms with Gasteiger partial charge in [-0.2, -0.15) is 0 Å². The second kappa shape index (κ2) is 14.9. The number of carbonyl (C=O) groups excluding carboxylic acids is 5. The summed E-state index contributed by atoms with van der Waals surface area (Å²) in [5.74, 6) is -2.35. The van der Waals surface area contributed by atoms with Crippen molar-refractivity contribution >= 4 is 57.8 Å². The molecule has 2 aliphatic carbocycles. The highest BCUT2D eigenvalue weighted by atomic mass is 32.2. The van der Waals surface area contributed by atoms with Crippen LogP contribution in [0.3, 0.4) is 0 Å². The van der Waals surface area contributed by atoms with Gasteiger partial charge in [0, 0.05) is 13.0 Å². The third-order valence-corrected chi connectivity index (χ3v) is 14.6. The number of nitrogens with zero attached hydrogens (tertiary/aromatic N) is 2. The summed E-state index contributed by atoms with van der Waals surface area (Å²) in [7, 11) is -3.92. The molecular weight excluding hydrogens is 735 g/mol. The molecule has 4 fully saturated rings. The molecule has 54 heavy (non-hydrogen) atoms. The molecule has 4 heterocycles. The van der Waals surface area contributed by atoms with E-state index in [0.717, 1.165) is 47.7 Å². The summed E-state index contributed by atoms with van der Waals surface area (Å²) in [6, 6.07) is 3.66. The van der Waals surface area contributed by atoms with Crippen molar-refractivity contribution in [3.63, 3.8) is 0 Å². The highest BCUT2D eigenvalue weighted by molar-refractivity contribution is 8.10. The molecule has 14 nitrogen and oxygen atoms in total. The molecule has 6 aliphatic rings. The Morgan fingerprint density at radius 1 is 1.07 bits per heavy atom. The van der Waals surface area contributed by atoms with Crippen LogP contribution in [0, 0.1) is 5.92 Å². The Morgan fingerprint density at radius 3 is 2.54 bits per heavy atom. The Morgan fingerprint density at radius 2 is 1.83 bits per heavy atom. The van der Waals surface area contributed by atoms with Crippen LogP contribution in [0.4, 0.5) is 9.59 Å². The standard InChI is InChI=1S/C38H49N5O9S2/c1-4-30-38(53-30,34(46)41-54(49,50)27-16-17-27)40-32(44)29-19-26-21-43(29)33(45)31(24-12-6-5-7-13-24)39-35(47)52-37(2,3)18-9-8-11-23-14-10-15-25-20-42(22-28(23)25)36(48)51-26/h4,8,10-11,14-15,24,26-27,29-31H,1,5-7,9,12-13,16-22H2,2-3H3,(H,39,47)(H,40,44)(H,41,46)/b11-8+/t26-,29+,30+,31+,38+/m1/s1. The van der Waals surface area contributed by atoms with Crippen molar-refractivity contribution in [2.75, 3.05) is 6.54 Å². The highest BCUT2D eigenvalue weighted by Gasteiger charge is 2.63. The van der Waals surface area contributed by atoms with Crippen molar-refractivity contribution in [2.45, 2.75) is 130 Å². The predicted molar refractivity (Wildman–Crippen MR) is 201 cm³/mol. The molecule has 1 aromatic rings. The molecule has 292 valence electrons. The number of benzene rings is 1. The summed E-state index contributed by atoms with van der Waals surface area (Å²) in [5, 5.41) is 4.33. The summed E-state index contributed by atoms with van der Waals surface area (Å²) in [6.45, 7) is 7.93. The minimum Gasteiger partial charge on any atom is -0.444 e. The number of allylic oxidation sites excluding steroid dienone is 1. The molecule has 3 N–H and O–H groups in total. The molecule has 0 unspecified atom stereocenters. The van der Waals surface area contributed by atoms with Gasteiger partial charge in [0.1, 0.15) is 23.8 Å².